The molecule has 2 fully saturated rings. The summed E-state index contributed by atoms with van der Waals surface area (Å²) in [5.74, 6) is 1.79. The van der Waals surface area contributed by atoms with Gasteiger partial charge in [-0.2, -0.15) is 13.2 Å². The highest BCUT2D eigenvalue weighted by atomic mass is 19.4. The van der Waals surface area contributed by atoms with Crippen LogP contribution in [0.5, 0.6) is 0 Å². The third kappa shape index (κ3) is 3.83. The van der Waals surface area contributed by atoms with Crippen molar-refractivity contribution in [2.45, 2.75) is 32.0 Å². The molecule has 0 unspecified atom stereocenters. The number of aromatic nitrogens is 5. The summed E-state index contributed by atoms with van der Waals surface area (Å²) >= 11 is 0. The van der Waals surface area contributed by atoms with Crippen LogP contribution in [-0.4, -0.2) is 55.6 Å². The molecule has 0 radical (unpaired) electrons. The average Bonchev–Trinajstić information content (AvgIpc) is 3.47. The van der Waals surface area contributed by atoms with Crippen LogP contribution in [0, 0.1) is 5.92 Å². The number of halogens is 3. The van der Waals surface area contributed by atoms with Gasteiger partial charge in [0.15, 0.2) is 5.65 Å². The molecule has 158 valence electrons. The lowest BCUT2D eigenvalue weighted by molar-refractivity contribution is -0.137. The van der Waals surface area contributed by atoms with Crippen LogP contribution in [0.25, 0.3) is 5.65 Å². The molecule has 3 aromatic rings. The first kappa shape index (κ1) is 19.2. The van der Waals surface area contributed by atoms with Gasteiger partial charge in [-0.3, -0.25) is 9.30 Å². The van der Waals surface area contributed by atoms with E-state index in [0.717, 1.165) is 12.8 Å². The summed E-state index contributed by atoms with van der Waals surface area (Å²) < 4.78 is 43.4. The first-order valence-electron chi connectivity index (χ1n) is 10.2. The van der Waals surface area contributed by atoms with E-state index in [4.69, 9.17) is 0 Å². The molecule has 5 rings (SSSR count). The smallest absolute Gasteiger partial charge is 0.338 e. The lowest BCUT2D eigenvalue weighted by Crippen LogP contribution is -2.46. The van der Waals surface area contributed by atoms with Gasteiger partial charge in [0.25, 0.3) is 0 Å². The van der Waals surface area contributed by atoms with Crippen LogP contribution >= 0.6 is 0 Å². The zero-order valence-electron chi connectivity index (χ0n) is 16.4. The number of hydrogen-bond acceptors (Lipinski definition) is 6. The van der Waals surface area contributed by atoms with E-state index in [2.05, 4.69) is 20.2 Å². The predicted octanol–water partition coefficient (Wildman–Crippen LogP) is 2.81. The Morgan fingerprint density at radius 1 is 1.00 bits per heavy atom. The van der Waals surface area contributed by atoms with E-state index in [1.165, 1.54) is 4.40 Å². The minimum Gasteiger partial charge on any atom is -0.338 e. The minimum absolute atomic E-state index is 0.0908. The number of fused-ring (bicyclic) bond motifs is 1. The van der Waals surface area contributed by atoms with Crippen molar-refractivity contribution >= 4 is 11.6 Å². The molecule has 0 N–H and O–H groups in total. The lowest BCUT2D eigenvalue weighted by Gasteiger charge is -2.35. The monoisotopic (exact) mass is 417 g/mol. The van der Waals surface area contributed by atoms with E-state index in [0.29, 0.717) is 50.3 Å². The molecule has 1 saturated carbocycles. The number of anilines is 1. The molecule has 3 aromatic heterocycles. The maximum absolute atomic E-state index is 14.0. The zero-order valence-corrected chi connectivity index (χ0v) is 16.4. The number of alkyl halides is 3. The molecule has 0 aromatic carbocycles. The molecule has 1 saturated heterocycles. The van der Waals surface area contributed by atoms with E-state index in [9.17, 15) is 13.2 Å². The molecule has 1 aliphatic carbocycles. The summed E-state index contributed by atoms with van der Waals surface area (Å²) in [5, 5.41) is 7.98. The molecule has 30 heavy (non-hydrogen) atoms. The second-order valence-electron chi connectivity index (χ2n) is 7.98. The molecular weight excluding hydrogens is 395 g/mol. The SMILES string of the molecule is FC(F)(F)c1c(CN2CCN(c3ncccn3)CC2)ccn2c(CC3CC3)nnc12. The predicted molar refractivity (Wildman–Crippen MR) is 104 cm³/mol. The van der Waals surface area contributed by atoms with Crippen LogP contribution in [0.2, 0.25) is 0 Å². The number of nitrogens with zero attached hydrogens (tertiary/aromatic N) is 7. The highest BCUT2D eigenvalue weighted by Crippen LogP contribution is 2.37. The molecule has 0 amide bonds. The van der Waals surface area contributed by atoms with Gasteiger partial charge < -0.3 is 4.90 Å². The Bertz CT molecular complexity index is 1020. The molecule has 2 aliphatic rings. The maximum atomic E-state index is 14.0. The van der Waals surface area contributed by atoms with Gasteiger partial charge in [-0.25, -0.2) is 9.97 Å². The van der Waals surface area contributed by atoms with Crippen LogP contribution in [0.15, 0.2) is 30.7 Å². The highest BCUT2D eigenvalue weighted by Gasteiger charge is 2.38. The van der Waals surface area contributed by atoms with E-state index >= 15 is 0 Å². The normalized spacial score (nSPS) is 18.3. The number of hydrogen-bond donors (Lipinski definition) is 0. The number of pyridine rings is 1. The molecule has 7 nitrogen and oxygen atoms in total. The van der Waals surface area contributed by atoms with Crippen LogP contribution in [0.4, 0.5) is 19.1 Å². The van der Waals surface area contributed by atoms with Gasteiger partial charge in [0.1, 0.15) is 11.4 Å². The zero-order chi connectivity index (χ0) is 20.7. The average molecular weight is 417 g/mol. The molecule has 0 atom stereocenters. The second-order valence-corrected chi connectivity index (χ2v) is 7.98. The number of rotatable bonds is 5. The van der Waals surface area contributed by atoms with Crippen molar-refractivity contribution in [3.8, 4) is 0 Å². The van der Waals surface area contributed by atoms with Gasteiger partial charge in [-0.15, -0.1) is 10.2 Å². The molecule has 0 spiro atoms. The summed E-state index contributed by atoms with van der Waals surface area (Å²) in [7, 11) is 0. The first-order chi connectivity index (χ1) is 14.5. The Labute approximate surface area is 171 Å². The Morgan fingerprint density at radius 2 is 1.73 bits per heavy atom. The van der Waals surface area contributed by atoms with Crippen LogP contribution in [0.1, 0.15) is 29.8 Å². The van der Waals surface area contributed by atoms with Crippen molar-refractivity contribution in [2.24, 2.45) is 5.92 Å². The third-order valence-corrected chi connectivity index (χ3v) is 5.79. The molecular formula is C20H22F3N7. The Kier molecular flexibility index (Phi) is 4.80. The Morgan fingerprint density at radius 3 is 2.40 bits per heavy atom. The molecule has 1 aliphatic heterocycles. The third-order valence-electron chi connectivity index (χ3n) is 5.79. The Balaban J connectivity index is 1.36. The minimum atomic E-state index is -4.48. The quantitative estimate of drug-likeness (QED) is 0.636. The van der Waals surface area contributed by atoms with Gasteiger partial charge >= 0.3 is 6.18 Å². The fourth-order valence-corrected chi connectivity index (χ4v) is 4.00. The molecule has 4 heterocycles. The fourth-order valence-electron chi connectivity index (χ4n) is 4.00. The molecule has 10 heteroatoms. The van der Waals surface area contributed by atoms with Crippen LogP contribution in [-0.2, 0) is 19.1 Å². The largest absolute Gasteiger partial charge is 0.420 e. The highest BCUT2D eigenvalue weighted by molar-refractivity contribution is 5.53. The van der Waals surface area contributed by atoms with E-state index in [-0.39, 0.29) is 17.8 Å². The summed E-state index contributed by atoms with van der Waals surface area (Å²) in [5.41, 5.74) is -0.523. The van der Waals surface area contributed by atoms with Gasteiger partial charge in [0.05, 0.1) is 0 Å². The van der Waals surface area contributed by atoms with Crippen molar-refractivity contribution in [3.05, 3.63) is 47.7 Å². The van der Waals surface area contributed by atoms with Gasteiger partial charge in [-0.1, -0.05) is 0 Å². The molecule has 0 bridgehead atoms. The van der Waals surface area contributed by atoms with Crippen molar-refractivity contribution in [1.82, 2.24) is 29.5 Å². The summed E-state index contributed by atoms with van der Waals surface area (Å²) in [6.07, 6.45) is 3.48. The van der Waals surface area contributed by atoms with Crippen LogP contribution in [0.3, 0.4) is 0 Å². The van der Waals surface area contributed by atoms with Crippen molar-refractivity contribution in [1.29, 1.82) is 0 Å². The first-order valence-corrected chi connectivity index (χ1v) is 10.2. The second kappa shape index (κ2) is 7.50. The van der Waals surface area contributed by atoms with E-state index < -0.39 is 11.7 Å². The fraction of sp³-hybridized carbons (Fsp3) is 0.500. The maximum Gasteiger partial charge on any atom is 0.420 e. The van der Waals surface area contributed by atoms with Crippen molar-refractivity contribution < 1.29 is 13.2 Å². The lowest BCUT2D eigenvalue weighted by atomic mass is 10.1. The van der Waals surface area contributed by atoms with E-state index in [1.807, 2.05) is 9.80 Å². The number of piperazine rings is 1. The Hall–Kier alpha value is -2.75. The summed E-state index contributed by atoms with van der Waals surface area (Å²) in [6, 6.07) is 3.33. The summed E-state index contributed by atoms with van der Waals surface area (Å²) in [4.78, 5) is 12.6. The standard InChI is InChI=1S/C20H22F3N7/c21-20(22,23)17-15(4-7-30-16(12-14-2-3-14)26-27-18(17)30)13-28-8-10-29(11-9-28)19-24-5-1-6-25-19/h1,4-7,14H,2-3,8-13H2. The topological polar surface area (TPSA) is 62.5 Å². The van der Waals surface area contributed by atoms with Gasteiger partial charge in [-0.05, 0) is 36.5 Å². The summed E-state index contributed by atoms with van der Waals surface area (Å²) in [6.45, 7) is 2.84. The van der Waals surface area contributed by atoms with Gasteiger partial charge in [0.2, 0.25) is 5.95 Å². The van der Waals surface area contributed by atoms with Crippen LogP contribution < -0.4 is 4.90 Å². The van der Waals surface area contributed by atoms with Crippen molar-refractivity contribution in [2.75, 3.05) is 31.1 Å². The van der Waals surface area contributed by atoms with E-state index in [1.54, 1.807) is 30.7 Å². The van der Waals surface area contributed by atoms with Crippen molar-refractivity contribution in [3.63, 3.8) is 0 Å². The van der Waals surface area contributed by atoms with Gasteiger partial charge in [0, 0.05) is 57.7 Å².